The first-order valence-electron chi connectivity index (χ1n) is 14.9. The Balaban J connectivity index is 1.53. The van der Waals surface area contributed by atoms with Gasteiger partial charge in [-0.25, -0.2) is 0 Å². The van der Waals surface area contributed by atoms with E-state index in [4.69, 9.17) is 40.4 Å². The van der Waals surface area contributed by atoms with E-state index >= 15 is 0 Å². The zero-order chi connectivity index (χ0) is 30.2. The number of rotatable bonds is 12. The maximum Gasteiger partial charge on any atom is 0.227 e. The van der Waals surface area contributed by atoms with Gasteiger partial charge in [0.25, 0.3) is 0 Å². The zero-order valence-corrected chi connectivity index (χ0v) is 26.2. The van der Waals surface area contributed by atoms with Crippen LogP contribution in [-0.2, 0) is 17.6 Å². The molecule has 4 atom stereocenters. The summed E-state index contributed by atoms with van der Waals surface area (Å²) in [6.07, 6.45) is 3.69. The number of piperazine rings is 1. The molecule has 6 N–H and O–H groups in total. The molecule has 1 aliphatic heterocycles. The third kappa shape index (κ3) is 8.60. The summed E-state index contributed by atoms with van der Waals surface area (Å²) in [5.74, 6) is 0.612. The molecule has 9 heteroatoms. The number of benzene rings is 3. The Morgan fingerprint density at radius 3 is 2.52 bits per heavy atom. The van der Waals surface area contributed by atoms with E-state index in [1.807, 2.05) is 24.3 Å². The number of carbonyl (C=O) groups excluding carboxylic acids is 1. The van der Waals surface area contributed by atoms with E-state index in [0.29, 0.717) is 48.4 Å². The van der Waals surface area contributed by atoms with E-state index in [0.717, 1.165) is 42.3 Å². The molecule has 0 radical (unpaired) electrons. The van der Waals surface area contributed by atoms with Crippen LogP contribution in [0.15, 0.2) is 65.7 Å². The SMILES string of the molecule is CCC(C)[C@@H]1CN(C[C@@H](N)Cc2ccc(Cl)cc2Cl)C(CCCN=C(N)N)CN1C(=O)Cc1ccc2ccccc2c1. The average molecular weight is 612 g/mol. The molecule has 7 nitrogen and oxygen atoms in total. The smallest absolute Gasteiger partial charge is 0.227 e. The molecule has 4 rings (SSSR count). The second kappa shape index (κ2) is 15.1. The van der Waals surface area contributed by atoms with Crippen LogP contribution < -0.4 is 17.2 Å². The highest BCUT2D eigenvalue weighted by Gasteiger charge is 2.38. The van der Waals surface area contributed by atoms with Gasteiger partial charge in [-0.1, -0.05) is 92.0 Å². The number of aliphatic imine (C=N–C) groups is 1. The van der Waals surface area contributed by atoms with Crippen molar-refractivity contribution < 1.29 is 4.79 Å². The van der Waals surface area contributed by atoms with Crippen molar-refractivity contribution in [3.8, 4) is 0 Å². The number of carbonyl (C=O) groups is 1. The summed E-state index contributed by atoms with van der Waals surface area (Å²) in [5, 5.41) is 3.57. The fourth-order valence-corrected chi connectivity index (χ4v) is 6.49. The fourth-order valence-electron chi connectivity index (χ4n) is 6.00. The topological polar surface area (TPSA) is 114 Å². The number of amides is 1. The predicted molar refractivity (Wildman–Crippen MR) is 176 cm³/mol. The number of guanidine groups is 1. The van der Waals surface area contributed by atoms with Crippen LogP contribution >= 0.6 is 23.2 Å². The number of hydrogen-bond acceptors (Lipinski definition) is 4. The molecule has 42 heavy (non-hydrogen) atoms. The van der Waals surface area contributed by atoms with E-state index in [9.17, 15) is 4.79 Å². The largest absolute Gasteiger partial charge is 0.370 e. The molecule has 0 aromatic heterocycles. The van der Waals surface area contributed by atoms with E-state index in [1.54, 1.807) is 6.07 Å². The van der Waals surface area contributed by atoms with E-state index in [2.05, 4.69) is 59.0 Å². The van der Waals surface area contributed by atoms with Gasteiger partial charge in [-0.05, 0) is 59.2 Å². The van der Waals surface area contributed by atoms with Crippen LogP contribution in [0.2, 0.25) is 10.0 Å². The predicted octanol–water partition coefficient (Wildman–Crippen LogP) is 5.24. The summed E-state index contributed by atoms with van der Waals surface area (Å²) < 4.78 is 0. The van der Waals surface area contributed by atoms with Gasteiger partial charge in [0.05, 0.1) is 6.42 Å². The lowest BCUT2D eigenvalue weighted by molar-refractivity contribution is -0.139. The average Bonchev–Trinajstić information content (AvgIpc) is 2.96. The van der Waals surface area contributed by atoms with Crippen molar-refractivity contribution in [3.63, 3.8) is 0 Å². The second-order valence-electron chi connectivity index (χ2n) is 11.6. The van der Waals surface area contributed by atoms with Gasteiger partial charge >= 0.3 is 0 Å². The van der Waals surface area contributed by atoms with Crippen molar-refractivity contribution in [2.75, 3.05) is 26.2 Å². The summed E-state index contributed by atoms with van der Waals surface area (Å²) >= 11 is 12.6. The van der Waals surface area contributed by atoms with Crippen LogP contribution in [0.4, 0.5) is 0 Å². The number of nitrogens with zero attached hydrogens (tertiary/aromatic N) is 3. The first kappa shape index (κ1) is 32.1. The van der Waals surface area contributed by atoms with Crippen LogP contribution in [-0.4, -0.2) is 66.0 Å². The van der Waals surface area contributed by atoms with Gasteiger partial charge in [0.2, 0.25) is 5.91 Å². The lowest BCUT2D eigenvalue weighted by Crippen LogP contribution is -2.63. The Hall–Kier alpha value is -2.84. The third-order valence-corrected chi connectivity index (χ3v) is 9.08. The lowest BCUT2D eigenvalue weighted by Gasteiger charge is -2.49. The van der Waals surface area contributed by atoms with Crippen LogP contribution in [0.1, 0.15) is 44.2 Å². The Morgan fingerprint density at radius 2 is 1.81 bits per heavy atom. The van der Waals surface area contributed by atoms with Crippen LogP contribution in [0.3, 0.4) is 0 Å². The summed E-state index contributed by atoms with van der Waals surface area (Å²) in [6, 6.07) is 20.2. The lowest BCUT2D eigenvalue weighted by atomic mass is 9.90. The minimum absolute atomic E-state index is 0.0985. The Kier molecular flexibility index (Phi) is 11.5. The molecule has 3 aromatic rings. The normalized spacial score (nSPS) is 19.0. The third-order valence-electron chi connectivity index (χ3n) is 8.49. The highest BCUT2D eigenvalue weighted by Crippen LogP contribution is 2.28. The minimum Gasteiger partial charge on any atom is -0.370 e. The van der Waals surface area contributed by atoms with Crippen molar-refractivity contribution in [2.24, 2.45) is 28.1 Å². The Labute approximate surface area is 260 Å². The second-order valence-corrected chi connectivity index (χ2v) is 12.5. The molecule has 3 aromatic carbocycles. The molecule has 2 unspecified atom stereocenters. The Bertz CT molecular complexity index is 1380. The molecular formula is C33H44Cl2N6O. The van der Waals surface area contributed by atoms with Gasteiger partial charge in [-0.15, -0.1) is 0 Å². The van der Waals surface area contributed by atoms with Crippen molar-refractivity contribution in [1.82, 2.24) is 9.80 Å². The molecule has 1 saturated heterocycles. The highest BCUT2D eigenvalue weighted by molar-refractivity contribution is 6.35. The van der Waals surface area contributed by atoms with Gasteiger partial charge in [-0.2, -0.15) is 0 Å². The minimum atomic E-state index is -0.124. The molecule has 0 aliphatic carbocycles. The van der Waals surface area contributed by atoms with Crippen molar-refractivity contribution in [2.45, 2.75) is 64.1 Å². The first-order chi connectivity index (χ1) is 20.1. The monoisotopic (exact) mass is 610 g/mol. The van der Waals surface area contributed by atoms with Crippen LogP contribution in [0, 0.1) is 5.92 Å². The molecule has 0 bridgehead atoms. The van der Waals surface area contributed by atoms with Gasteiger partial charge in [-0.3, -0.25) is 14.7 Å². The number of halogens is 2. The maximum absolute atomic E-state index is 13.9. The maximum atomic E-state index is 13.9. The van der Waals surface area contributed by atoms with E-state index < -0.39 is 0 Å². The van der Waals surface area contributed by atoms with Gasteiger partial charge in [0.1, 0.15) is 0 Å². The molecule has 1 heterocycles. The fraction of sp³-hybridized carbons (Fsp3) is 0.455. The van der Waals surface area contributed by atoms with Crippen LogP contribution in [0.5, 0.6) is 0 Å². The molecule has 1 aliphatic rings. The number of hydrogen-bond donors (Lipinski definition) is 3. The number of nitrogens with two attached hydrogens (primary N) is 3. The quantitative estimate of drug-likeness (QED) is 0.147. The summed E-state index contributed by atoms with van der Waals surface area (Å²) in [5.41, 5.74) is 19.9. The van der Waals surface area contributed by atoms with Gasteiger partial charge < -0.3 is 22.1 Å². The van der Waals surface area contributed by atoms with Crippen molar-refractivity contribution >= 4 is 45.8 Å². The Morgan fingerprint density at radius 1 is 1.05 bits per heavy atom. The standard InChI is InChI=1S/C33H44Cl2N6O/c1-3-22(2)31-21-40(19-28(36)17-26-12-13-27(34)18-30(26)35)29(9-6-14-39-33(37)38)20-41(31)32(42)16-23-10-11-24-7-4-5-8-25(24)15-23/h4-5,7-8,10-13,15,18,22,28-29,31H,3,6,9,14,16-17,19-21,36H2,1-2H3,(H4,37,38,39)/t22?,28-,29?,31-/m0/s1. The number of fused-ring (bicyclic) bond motifs is 1. The van der Waals surface area contributed by atoms with E-state index in [-0.39, 0.29) is 30.0 Å². The van der Waals surface area contributed by atoms with Crippen molar-refractivity contribution in [1.29, 1.82) is 0 Å². The molecule has 0 spiro atoms. The molecule has 1 fully saturated rings. The molecular weight excluding hydrogens is 567 g/mol. The molecule has 226 valence electrons. The van der Waals surface area contributed by atoms with Gasteiger partial charge in [0, 0.05) is 54.3 Å². The summed E-state index contributed by atoms with van der Waals surface area (Å²) in [6.45, 7) is 7.11. The molecule has 1 amide bonds. The zero-order valence-electron chi connectivity index (χ0n) is 24.7. The van der Waals surface area contributed by atoms with Crippen LogP contribution in [0.25, 0.3) is 10.8 Å². The highest BCUT2D eigenvalue weighted by atomic mass is 35.5. The molecule has 0 saturated carbocycles. The first-order valence-corrected chi connectivity index (χ1v) is 15.7. The summed E-state index contributed by atoms with van der Waals surface area (Å²) in [4.78, 5) is 22.7. The van der Waals surface area contributed by atoms with Crippen molar-refractivity contribution in [3.05, 3.63) is 81.8 Å². The summed E-state index contributed by atoms with van der Waals surface area (Å²) in [7, 11) is 0. The van der Waals surface area contributed by atoms with E-state index in [1.165, 1.54) is 5.39 Å². The van der Waals surface area contributed by atoms with Gasteiger partial charge in [0.15, 0.2) is 5.96 Å².